The van der Waals surface area contributed by atoms with Crippen molar-refractivity contribution in [2.75, 3.05) is 6.54 Å². The highest BCUT2D eigenvalue weighted by atomic mass is 16.6. The van der Waals surface area contributed by atoms with Crippen LogP contribution in [0.5, 0.6) is 0 Å². The second-order valence-electron chi connectivity index (χ2n) is 11.8. The lowest BCUT2D eigenvalue weighted by atomic mass is 9.93. The predicted octanol–water partition coefficient (Wildman–Crippen LogP) is 6.59. The maximum absolute atomic E-state index is 13.9. The first-order valence-corrected chi connectivity index (χ1v) is 14.7. The van der Waals surface area contributed by atoms with Crippen LogP contribution in [-0.4, -0.2) is 47.0 Å². The number of hydrogen-bond donors (Lipinski definition) is 2. The SMILES string of the molecule is CCCCCCCCN(C(=O)C(C)NC(=O)OC(C)(C)C)C(C(=O)NC1CCCCC1)c1ccccc1C. The minimum atomic E-state index is -0.834. The Labute approximate surface area is 230 Å². The zero-order chi connectivity index (χ0) is 28.1. The summed E-state index contributed by atoms with van der Waals surface area (Å²) >= 11 is 0. The summed E-state index contributed by atoms with van der Waals surface area (Å²) in [6.07, 6.45) is 11.1. The van der Waals surface area contributed by atoms with E-state index in [1.54, 1.807) is 32.6 Å². The van der Waals surface area contributed by atoms with Gasteiger partial charge in [0.25, 0.3) is 0 Å². The Bertz CT molecular complexity index is 889. The van der Waals surface area contributed by atoms with Gasteiger partial charge in [0, 0.05) is 12.6 Å². The standard InChI is InChI=1S/C31H51N3O4/c1-7-8-9-10-11-17-22-34(29(36)24(3)32-30(37)38-31(4,5)6)27(26-21-16-15-18-23(26)2)28(35)33-25-19-13-12-14-20-25/h15-16,18,21,24-25,27H,7-14,17,19-20,22H2,1-6H3,(H,32,37)(H,33,35). The van der Waals surface area contributed by atoms with Gasteiger partial charge < -0.3 is 20.3 Å². The van der Waals surface area contributed by atoms with Crippen molar-refractivity contribution in [3.05, 3.63) is 35.4 Å². The molecule has 1 aliphatic rings. The molecule has 1 aliphatic carbocycles. The van der Waals surface area contributed by atoms with Gasteiger partial charge in [0.1, 0.15) is 17.7 Å². The largest absolute Gasteiger partial charge is 0.444 e. The molecular weight excluding hydrogens is 478 g/mol. The fourth-order valence-corrected chi connectivity index (χ4v) is 5.10. The van der Waals surface area contributed by atoms with Crippen LogP contribution in [0.2, 0.25) is 0 Å². The number of alkyl carbamates (subject to hydrolysis) is 1. The molecule has 0 heterocycles. The molecule has 2 unspecified atom stereocenters. The molecule has 0 bridgehead atoms. The van der Waals surface area contributed by atoms with Gasteiger partial charge in [-0.2, -0.15) is 0 Å². The van der Waals surface area contributed by atoms with Gasteiger partial charge in [-0.3, -0.25) is 9.59 Å². The molecule has 3 amide bonds. The molecule has 2 atom stereocenters. The van der Waals surface area contributed by atoms with Gasteiger partial charge >= 0.3 is 6.09 Å². The predicted molar refractivity (Wildman–Crippen MR) is 153 cm³/mol. The van der Waals surface area contributed by atoms with Crippen LogP contribution in [0, 0.1) is 6.92 Å². The molecule has 214 valence electrons. The third-order valence-corrected chi connectivity index (χ3v) is 7.13. The van der Waals surface area contributed by atoms with E-state index in [1.807, 2.05) is 31.2 Å². The molecule has 1 aromatic carbocycles. The smallest absolute Gasteiger partial charge is 0.408 e. The van der Waals surface area contributed by atoms with Crippen LogP contribution >= 0.6 is 0 Å². The molecule has 0 saturated heterocycles. The number of nitrogens with one attached hydrogen (secondary N) is 2. The third kappa shape index (κ3) is 10.7. The highest BCUT2D eigenvalue weighted by Gasteiger charge is 2.36. The lowest BCUT2D eigenvalue weighted by Crippen LogP contribution is -2.53. The number of aryl methyl sites for hydroxylation is 1. The van der Waals surface area contributed by atoms with E-state index in [1.165, 1.54) is 25.7 Å². The molecule has 38 heavy (non-hydrogen) atoms. The molecule has 2 rings (SSSR count). The number of carbonyl (C=O) groups excluding carboxylic acids is 3. The maximum Gasteiger partial charge on any atom is 0.408 e. The number of amides is 3. The summed E-state index contributed by atoms with van der Waals surface area (Å²) in [5.41, 5.74) is 1.11. The van der Waals surface area contributed by atoms with Crippen molar-refractivity contribution in [1.82, 2.24) is 15.5 Å². The topological polar surface area (TPSA) is 87.7 Å². The highest BCUT2D eigenvalue weighted by Crippen LogP contribution is 2.27. The van der Waals surface area contributed by atoms with Gasteiger partial charge in [-0.25, -0.2) is 4.79 Å². The van der Waals surface area contributed by atoms with E-state index < -0.39 is 23.8 Å². The number of ether oxygens (including phenoxy) is 1. The van der Waals surface area contributed by atoms with Gasteiger partial charge in [0.2, 0.25) is 11.8 Å². The molecule has 7 nitrogen and oxygen atoms in total. The van der Waals surface area contributed by atoms with Crippen LogP contribution in [-0.2, 0) is 14.3 Å². The first-order valence-electron chi connectivity index (χ1n) is 14.7. The van der Waals surface area contributed by atoms with Gasteiger partial charge in [0.15, 0.2) is 0 Å². The zero-order valence-corrected chi connectivity index (χ0v) is 24.6. The molecule has 7 heteroatoms. The first kappa shape index (κ1) is 31.6. The highest BCUT2D eigenvalue weighted by molar-refractivity contribution is 5.92. The number of nitrogens with zero attached hydrogens (tertiary/aromatic N) is 1. The van der Waals surface area contributed by atoms with E-state index in [0.29, 0.717) is 6.54 Å². The molecule has 1 fully saturated rings. The van der Waals surface area contributed by atoms with E-state index in [0.717, 1.165) is 56.1 Å². The summed E-state index contributed by atoms with van der Waals surface area (Å²) in [4.78, 5) is 42.0. The van der Waals surface area contributed by atoms with Crippen molar-refractivity contribution in [2.45, 2.75) is 136 Å². The second-order valence-corrected chi connectivity index (χ2v) is 11.8. The number of carbonyl (C=O) groups is 3. The number of unbranched alkanes of at least 4 members (excludes halogenated alkanes) is 5. The average molecular weight is 530 g/mol. The first-order chi connectivity index (χ1) is 18.0. The Kier molecular flexibility index (Phi) is 13.1. The minimum absolute atomic E-state index is 0.131. The van der Waals surface area contributed by atoms with Crippen molar-refractivity contribution in [3.8, 4) is 0 Å². The van der Waals surface area contributed by atoms with Gasteiger partial charge in [-0.15, -0.1) is 0 Å². The van der Waals surface area contributed by atoms with Gasteiger partial charge in [-0.1, -0.05) is 82.6 Å². The Hall–Kier alpha value is -2.57. The van der Waals surface area contributed by atoms with Crippen molar-refractivity contribution < 1.29 is 19.1 Å². The van der Waals surface area contributed by atoms with E-state index in [4.69, 9.17) is 4.74 Å². The minimum Gasteiger partial charge on any atom is -0.444 e. The van der Waals surface area contributed by atoms with Crippen molar-refractivity contribution >= 4 is 17.9 Å². The molecule has 0 aliphatic heterocycles. The zero-order valence-electron chi connectivity index (χ0n) is 24.6. The summed E-state index contributed by atoms with van der Waals surface area (Å²) in [5, 5.41) is 5.96. The molecule has 1 saturated carbocycles. The van der Waals surface area contributed by atoms with Crippen LogP contribution in [0.25, 0.3) is 0 Å². The number of rotatable bonds is 13. The second kappa shape index (κ2) is 15.7. The average Bonchev–Trinajstić information content (AvgIpc) is 2.85. The third-order valence-electron chi connectivity index (χ3n) is 7.13. The summed E-state index contributed by atoms with van der Waals surface area (Å²) in [7, 11) is 0. The van der Waals surface area contributed by atoms with Crippen molar-refractivity contribution in [2.24, 2.45) is 0 Å². The Morgan fingerprint density at radius 1 is 1.00 bits per heavy atom. The van der Waals surface area contributed by atoms with Crippen LogP contribution in [0.15, 0.2) is 24.3 Å². The number of hydrogen-bond acceptors (Lipinski definition) is 4. The van der Waals surface area contributed by atoms with Crippen LogP contribution in [0.1, 0.15) is 122 Å². The molecule has 0 spiro atoms. The lowest BCUT2D eigenvalue weighted by molar-refractivity contribution is -0.142. The van der Waals surface area contributed by atoms with Crippen LogP contribution in [0.4, 0.5) is 4.79 Å². The monoisotopic (exact) mass is 529 g/mol. The number of benzene rings is 1. The molecule has 2 N–H and O–H groups in total. The van der Waals surface area contributed by atoms with E-state index in [-0.39, 0.29) is 17.9 Å². The lowest BCUT2D eigenvalue weighted by Gasteiger charge is -2.35. The molecule has 0 aromatic heterocycles. The fraction of sp³-hybridized carbons (Fsp3) is 0.710. The molecule has 0 radical (unpaired) electrons. The Morgan fingerprint density at radius 2 is 1.63 bits per heavy atom. The van der Waals surface area contributed by atoms with Gasteiger partial charge in [-0.05, 0) is 65.0 Å². The van der Waals surface area contributed by atoms with Crippen molar-refractivity contribution in [1.29, 1.82) is 0 Å². The Morgan fingerprint density at radius 3 is 2.26 bits per heavy atom. The van der Waals surface area contributed by atoms with Gasteiger partial charge in [0.05, 0.1) is 0 Å². The Balaban J connectivity index is 2.32. The summed E-state index contributed by atoms with van der Waals surface area (Å²) < 4.78 is 5.39. The van der Waals surface area contributed by atoms with Crippen molar-refractivity contribution in [3.63, 3.8) is 0 Å². The summed E-state index contributed by atoms with van der Waals surface area (Å²) in [6, 6.07) is 6.31. The maximum atomic E-state index is 13.9. The van der Waals surface area contributed by atoms with E-state index >= 15 is 0 Å². The quantitative estimate of drug-likeness (QED) is 0.282. The fourth-order valence-electron chi connectivity index (χ4n) is 5.10. The van der Waals surface area contributed by atoms with Crippen LogP contribution < -0.4 is 10.6 Å². The molecule has 1 aromatic rings. The van der Waals surface area contributed by atoms with Crippen LogP contribution in [0.3, 0.4) is 0 Å². The summed E-state index contributed by atoms with van der Waals surface area (Å²) in [5.74, 6) is -0.425. The normalized spacial score (nSPS) is 15.8. The molecular formula is C31H51N3O4. The van der Waals surface area contributed by atoms with E-state index in [9.17, 15) is 14.4 Å². The summed E-state index contributed by atoms with van der Waals surface area (Å²) in [6.45, 7) is 11.6. The van der Waals surface area contributed by atoms with E-state index in [2.05, 4.69) is 17.6 Å².